The number of rotatable bonds is 3. The molecule has 0 bridgehead atoms. The monoisotopic (exact) mass is 230 g/mol. The Labute approximate surface area is 101 Å². The van der Waals surface area contributed by atoms with Crippen molar-refractivity contribution < 1.29 is 0 Å². The van der Waals surface area contributed by atoms with Gasteiger partial charge in [0.05, 0.1) is 17.6 Å². The molecule has 3 heteroatoms. The standard InChI is InChI=1S/C13H14N2S/c1-3-7-15-12-5-4-10(2)9-11(12)14-13(15)6-8-16/h1,4-5,9,16H,6-8H2,2H3. The van der Waals surface area contributed by atoms with Crippen LogP contribution in [0.15, 0.2) is 18.2 Å². The number of aryl methyl sites for hydroxylation is 2. The van der Waals surface area contributed by atoms with E-state index < -0.39 is 0 Å². The second-order valence-electron chi connectivity index (χ2n) is 3.78. The topological polar surface area (TPSA) is 17.8 Å². The van der Waals surface area contributed by atoms with Gasteiger partial charge >= 0.3 is 0 Å². The molecule has 0 aliphatic carbocycles. The molecule has 0 atom stereocenters. The molecular formula is C13H14N2S. The molecule has 0 N–H and O–H groups in total. The van der Waals surface area contributed by atoms with Gasteiger partial charge in [0.25, 0.3) is 0 Å². The van der Waals surface area contributed by atoms with E-state index in [0.29, 0.717) is 6.54 Å². The van der Waals surface area contributed by atoms with Gasteiger partial charge in [0, 0.05) is 6.42 Å². The summed E-state index contributed by atoms with van der Waals surface area (Å²) in [6.45, 7) is 2.64. The molecule has 1 heterocycles. The summed E-state index contributed by atoms with van der Waals surface area (Å²) in [5.74, 6) is 4.48. The fraction of sp³-hybridized carbons (Fsp3) is 0.308. The van der Waals surface area contributed by atoms with Crippen LogP contribution in [0.4, 0.5) is 0 Å². The summed E-state index contributed by atoms with van der Waals surface area (Å²) >= 11 is 4.24. The van der Waals surface area contributed by atoms with E-state index in [1.165, 1.54) is 5.56 Å². The smallest absolute Gasteiger partial charge is 0.111 e. The highest BCUT2D eigenvalue weighted by Crippen LogP contribution is 2.18. The van der Waals surface area contributed by atoms with E-state index in [0.717, 1.165) is 29.0 Å². The van der Waals surface area contributed by atoms with Crippen LogP contribution in [0.5, 0.6) is 0 Å². The van der Waals surface area contributed by atoms with Gasteiger partial charge in [-0.3, -0.25) is 0 Å². The Kier molecular flexibility index (Phi) is 3.21. The second-order valence-corrected chi connectivity index (χ2v) is 4.23. The average molecular weight is 230 g/mol. The molecule has 82 valence electrons. The van der Waals surface area contributed by atoms with Crippen LogP contribution in [0.3, 0.4) is 0 Å². The minimum absolute atomic E-state index is 0.572. The highest BCUT2D eigenvalue weighted by atomic mass is 32.1. The summed E-state index contributed by atoms with van der Waals surface area (Å²) in [6, 6.07) is 6.25. The van der Waals surface area contributed by atoms with Crippen molar-refractivity contribution >= 4 is 23.7 Å². The molecule has 0 saturated heterocycles. The van der Waals surface area contributed by atoms with Crippen molar-refractivity contribution in [1.29, 1.82) is 0 Å². The summed E-state index contributed by atoms with van der Waals surface area (Å²) in [6.07, 6.45) is 6.23. The molecule has 1 aromatic carbocycles. The van der Waals surface area contributed by atoms with Crippen LogP contribution in [0.25, 0.3) is 11.0 Å². The van der Waals surface area contributed by atoms with E-state index in [2.05, 4.69) is 53.2 Å². The Morgan fingerprint density at radius 1 is 1.50 bits per heavy atom. The zero-order valence-corrected chi connectivity index (χ0v) is 10.2. The van der Waals surface area contributed by atoms with Crippen LogP contribution in [0.1, 0.15) is 11.4 Å². The number of hydrogen-bond donors (Lipinski definition) is 1. The zero-order valence-electron chi connectivity index (χ0n) is 9.27. The molecule has 16 heavy (non-hydrogen) atoms. The first-order chi connectivity index (χ1) is 7.76. The van der Waals surface area contributed by atoms with Crippen LogP contribution < -0.4 is 0 Å². The number of hydrogen-bond acceptors (Lipinski definition) is 2. The van der Waals surface area contributed by atoms with E-state index in [9.17, 15) is 0 Å². The Bertz CT molecular complexity index is 549. The van der Waals surface area contributed by atoms with Gasteiger partial charge in [-0.05, 0) is 30.4 Å². The van der Waals surface area contributed by atoms with Crippen molar-refractivity contribution in [3.63, 3.8) is 0 Å². The molecule has 1 aromatic heterocycles. The third-order valence-electron chi connectivity index (χ3n) is 2.57. The third-order valence-corrected chi connectivity index (χ3v) is 2.79. The molecular weight excluding hydrogens is 216 g/mol. The van der Waals surface area contributed by atoms with Crippen LogP contribution in [-0.2, 0) is 13.0 Å². The van der Waals surface area contributed by atoms with E-state index in [4.69, 9.17) is 6.42 Å². The van der Waals surface area contributed by atoms with Crippen molar-refractivity contribution in [3.8, 4) is 12.3 Å². The lowest BCUT2D eigenvalue weighted by molar-refractivity contribution is 0.786. The molecule has 0 fully saturated rings. The maximum absolute atomic E-state index is 5.39. The molecule has 0 amide bonds. The molecule has 0 saturated carbocycles. The molecule has 0 unspecified atom stereocenters. The van der Waals surface area contributed by atoms with Gasteiger partial charge < -0.3 is 4.57 Å². The number of aromatic nitrogens is 2. The predicted octanol–water partition coefficient (Wildman–Crippen LogP) is 2.45. The number of imidazole rings is 1. The lowest BCUT2D eigenvalue weighted by Gasteiger charge is -2.03. The number of thiol groups is 1. The molecule has 2 nitrogen and oxygen atoms in total. The van der Waals surface area contributed by atoms with Crippen molar-refractivity contribution in [3.05, 3.63) is 29.6 Å². The van der Waals surface area contributed by atoms with E-state index in [1.807, 2.05) is 0 Å². The second kappa shape index (κ2) is 4.63. The van der Waals surface area contributed by atoms with Gasteiger partial charge in [0.15, 0.2) is 0 Å². The number of terminal acetylenes is 1. The lowest BCUT2D eigenvalue weighted by Crippen LogP contribution is -2.03. The van der Waals surface area contributed by atoms with E-state index in [-0.39, 0.29) is 0 Å². The van der Waals surface area contributed by atoms with Crippen LogP contribution >= 0.6 is 12.6 Å². The normalized spacial score (nSPS) is 10.6. The van der Waals surface area contributed by atoms with Crippen molar-refractivity contribution in [2.45, 2.75) is 19.9 Å². The van der Waals surface area contributed by atoms with E-state index >= 15 is 0 Å². The molecule has 0 radical (unpaired) electrons. The SMILES string of the molecule is C#CCn1c(CCS)nc2cc(C)ccc21. The van der Waals surface area contributed by atoms with Gasteiger partial charge in [-0.15, -0.1) is 6.42 Å². The molecule has 0 spiro atoms. The maximum Gasteiger partial charge on any atom is 0.111 e. The first-order valence-electron chi connectivity index (χ1n) is 5.26. The number of fused-ring (bicyclic) bond motifs is 1. The quantitative estimate of drug-likeness (QED) is 0.633. The van der Waals surface area contributed by atoms with E-state index in [1.54, 1.807) is 0 Å². The Morgan fingerprint density at radius 3 is 3.00 bits per heavy atom. The molecule has 2 rings (SSSR count). The fourth-order valence-corrected chi connectivity index (χ4v) is 2.05. The highest BCUT2D eigenvalue weighted by Gasteiger charge is 2.08. The van der Waals surface area contributed by atoms with Gasteiger partial charge in [-0.1, -0.05) is 12.0 Å². The summed E-state index contributed by atoms with van der Waals surface area (Å²) in [5, 5.41) is 0. The van der Waals surface area contributed by atoms with Crippen LogP contribution in [-0.4, -0.2) is 15.3 Å². The lowest BCUT2D eigenvalue weighted by atomic mass is 10.2. The van der Waals surface area contributed by atoms with Crippen LogP contribution in [0.2, 0.25) is 0 Å². The van der Waals surface area contributed by atoms with Gasteiger partial charge in [-0.25, -0.2) is 4.98 Å². The van der Waals surface area contributed by atoms with Crippen molar-refractivity contribution in [2.75, 3.05) is 5.75 Å². The molecule has 0 aliphatic rings. The molecule has 0 aliphatic heterocycles. The summed E-state index contributed by atoms with van der Waals surface area (Å²) < 4.78 is 2.09. The Morgan fingerprint density at radius 2 is 2.31 bits per heavy atom. The first-order valence-corrected chi connectivity index (χ1v) is 5.89. The van der Waals surface area contributed by atoms with Gasteiger partial charge in [-0.2, -0.15) is 12.6 Å². The largest absolute Gasteiger partial charge is 0.316 e. The number of benzene rings is 1. The van der Waals surface area contributed by atoms with Crippen molar-refractivity contribution in [1.82, 2.24) is 9.55 Å². The summed E-state index contributed by atoms with van der Waals surface area (Å²) in [4.78, 5) is 4.60. The van der Waals surface area contributed by atoms with Gasteiger partial charge in [0.1, 0.15) is 5.82 Å². The third kappa shape index (κ3) is 1.94. The summed E-state index contributed by atoms with van der Waals surface area (Å²) in [5.41, 5.74) is 3.35. The highest BCUT2D eigenvalue weighted by molar-refractivity contribution is 7.80. The molecule has 2 aromatic rings. The minimum Gasteiger partial charge on any atom is -0.316 e. The first kappa shape index (κ1) is 11.1. The fourth-order valence-electron chi connectivity index (χ4n) is 1.85. The maximum atomic E-state index is 5.39. The predicted molar refractivity (Wildman–Crippen MR) is 70.9 cm³/mol. The Balaban J connectivity index is 2.61. The number of nitrogens with zero attached hydrogens (tertiary/aromatic N) is 2. The summed E-state index contributed by atoms with van der Waals surface area (Å²) in [7, 11) is 0. The van der Waals surface area contributed by atoms with Crippen molar-refractivity contribution in [2.24, 2.45) is 0 Å². The van der Waals surface area contributed by atoms with Crippen LogP contribution in [0, 0.1) is 19.3 Å². The van der Waals surface area contributed by atoms with Gasteiger partial charge in [0.2, 0.25) is 0 Å². The minimum atomic E-state index is 0.572. The zero-order chi connectivity index (χ0) is 11.5. The Hall–Kier alpha value is -1.40. The average Bonchev–Trinajstić information content (AvgIpc) is 2.57.